The number of halogens is 3. The molecule has 0 aliphatic heterocycles. The van der Waals surface area contributed by atoms with Crippen LogP contribution in [-0.4, -0.2) is 39.6 Å². The highest BCUT2D eigenvalue weighted by molar-refractivity contribution is 6.53. The summed E-state index contributed by atoms with van der Waals surface area (Å²) in [4.78, 5) is 20.4. The summed E-state index contributed by atoms with van der Waals surface area (Å²) >= 11 is 10.7. The van der Waals surface area contributed by atoms with Crippen LogP contribution in [0.2, 0.25) is 0 Å². The van der Waals surface area contributed by atoms with Gasteiger partial charge in [-0.15, -0.1) is 0 Å². The molecule has 120 valence electrons. The van der Waals surface area contributed by atoms with Crippen LogP contribution in [0.3, 0.4) is 0 Å². The number of hydrogen-bond donors (Lipinski definition) is 3. The topological polar surface area (TPSA) is 86.6 Å². The van der Waals surface area contributed by atoms with Gasteiger partial charge in [0.15, 0.2) is 4.84 Å². The van der Waals surface area contributed by atoms with E-state index in [1.54, 1.807) is 12.1 Å². The fraction of sp³-hybridized carbons (Fsp3) is 0.286. The maximum Gasteiger partial charge on any atom is 0.328 e. The van der Waals surface area contributed by atoms with Crippen molar-refractivity contribution in [3.05, 3.63) is 41.5 Å². The Bertz CT molecular complexity index is 548. The van der Waals surface area contributed by atoms with Crippen LogP contribution >= 0.6 is 23.2 Å². The molecule has 5 nitrogen and oxygen atoms in total. The Kier molecular flexibility index (Phi) is 7.31. The Hall–Kier alpha value is -1.63. The molecule has 8 heteroatoms. The third-order valence-corrected chi connectivity index (χ3v) is 3.17. The Balaban J connectivity index is 2.80. The van der Waals surface area contributed by atoms with Gasteiger partial charge >= 0.3 is 5.97 Å². The lowest BCUT2D eigenvalue weighted by atomic mass is 10.0. The predicted molar refractivity (Wildman–Crippen MR) is 81.5 cm³/mol. The lowest BCUT2D eigenvalue weighted by molar-refractivity contribution is -0.131. The number of aliphatic hydroxyl groups excluding tert-OH is 1. The molecular weight excluding hydrogens is 336 g/mol. The molecule has 3 N–H and O–H groups in total. The molecule has 2 atom stereocenters. The first-order valence-corrected chi connectivity index (χ1v) is 7.06. The lowest BCUT2D eigenvalue weighted by Crippen LogP contribution is -2.43. The second kappa shape index (κ2) is 8.73. The second-order valence-electron chi connectivity index (χ2n) is 4.35. The Morgan fingerprint density at radius 3 is 2.32 bits per heavy atom. The van der Waals surface area contributed by atoms with Crippen LogP contribution in [0, 0.1) is 0 Å². The fourth-order valence-corrected chi connectivity index (χ4v) is 1.78. The van der Waals surface area contributed by atoms with E-state index in [1.807, 2.05) is 0 Å². The van der Waals surface area contributed by atoms with E-state index in [0.717, 1.165) is 6.08 Å². The number of benzene rings is 1. The largest absolute Gasteiger partial charge is 0.478 e. The van der Waals surface area contributed by atoms with Crippen molar-refractivity contribution >= 4 is 41.2 Å². The quantitative estimate of drug-likeness (QED) is 0.519. The summed E-state index contributed by atoms with van der Waals surface area (Å²) in [6.07, 6.45) is 1.05. The van der Waals surface area contributed by atoms with Gasteiger partial charge < -0.3 is 15.5 Å². The molecular formula is C14H14Cl2FNO4. The highest BCUT2D eigenvalue weighted by Crippen LogP contribution is 2.19. The summed E-state index contributed by atoms with van der Waals surface area (Å²) in [5.41, 5.74) is 0.955. The van der Waals surface area contributed by atoms with Crippen LogP contribution in [0.15, 0.2) is 30.3 Å². The molecule has 0 spiro atoms. The first kappa shape index (κ1) is 18.4. The van der Waals surface area contributed by atoms with Crippen LogP contribution < -0.4 is 5.32 Å². The zero-order valence-electron chi connectivity index (χ0n) is 11.2. The number of carboxylic acid groups (broad SMARTS) is 1. The molecule has 1 amide bonds. The average molecular weight is 350 g/mol. The van der Waals surface area contributed by atoms with E-state index in [-0.39, 0.29) is 0 Å². The number of hydrogen-bond acceptors (Lipinski definition) is 3. The van der Waals surface area contributed by atoms with Crippen molar-refractivity contribution in [2.75, 3.05) is 6.67 Å². The number of amides is 1. The molecule has 22 heavy (non-hydrogen) atoms. The van der Waals surface area contributed by atoms with Crippen molar-refractivity contribution in [3.8, 4) is 0 Å². The van der Waals surface area contributed by atoms with Gasteiger partial charge in [0.25, 0.3) is 5.91 Å². The Labute approximate surface area is 136 Å². The normalized spacial score (nSPS) is 14.0. The Morgan fingerprint density at radius 1 is 1.27 bits per heavy atom. The zero-order valence-corrected chi connectivity index (χ0v) is 12.8. The predicted octanol–water partition coefficient (Wildman–Crippen LogP) is 2.08. The molecule has 0 saturated carbocycles. The fourth-order valence-electron chi connectivity index (χ4n) is 1.65. The summed E-state index contributed by atoms with van der Waals surface area (Å²) in [6.45, 7) is -1.01. The average Bonchev–Trinajstić information content (AvgIpc) is 2.50. The molecule has 0 aliphatic carbocycles. The number of carboxylic acids is 1. The molecule has 0 fully saturated rings. The Morgan fingerprint density at radius 2 is 1.86 bits per heavy atom. The maximum absolute atomic E-state index is 13.0. The number of alkyl halides is 3. The minimum absolute atomic E-state index is 0.358. The van der Waals surface area contributed by atoms with Crippen molar-refractivity contribution in [3.63, 3.8) is 0 Å². The number of rotatable bonds is 7. The van der Waals surface area contributed by atoms with Crippen LogP contribution in [-0.2, 0) is 9.59 Å². The third-order valence-electron chi connectivity index (χ3n) is 2.77. The van der Waals surface area contributed by atoms with Gasteiger partial charge in [0.1, 0.15) is 12.8 Å². The van der Waals surface area contributed by atoms with Crippen LogP contribution in [0.5, 0.6) is 0 Å². The van der Waals surface area contributed by atoms with E-state index in [4.69, 9.17) is 28.3 Å². The monoisotopic (exact) mass is 349 g/mol. The molecule has 0 radical (unpaired) electrons. The first-order valence-electron chi connectivity index (χ1n) is 6.18. The van der Waals surface area contributed by atoms with E-state index < -0.39 is 35.5 Å². The molecule has 0 bridgehead atoms. The summed E-state index contributed by atoms with van der Waals surface area (Å²) in [6, 6.07) is 4.93. The van der Waals surface area contributed by atoms with Gasteiger partial charge in [0.2, 0.25) is 0 Å². The van der Waals surface area contributed by atoms with Gasteiger partial charge in [-0.1, -0.05) is 47.5 Å². The van der Waals surface area contributed by atoms with Crippen molar-refractivity contribution < 1.29 is 24.2 Å². The van der Waals surface area contributed by atoms with Gasteiger partial charge in [0, 0.05) is 6.08 Å². The minimum Gasteiger partial charge on any atom is -0.478 e. The van der Waals surface area contributed by atoms with Gasteiger partial charge in [-0.3, -0.25) is 4.79 Å². The summed E-state index contributed by atoms with van der Waals surface area (Å²) in [7, 11) is 0. The van der Waals surface area contributed by atoms with E-state index in [9.17, 15) is 19.1 Å². The van der Waals surface area contributed by atoms with Crippen molar-refractivity contribution in [1.82, 2.24) is 5.32 Å². The van der Waals surface area contributed by atoms with E-state index in [0.29, 0.717) is 11.1 Å². The first-order chi connectivity index (χ1) is 10.3. The van der Waals surface area contributed by atoms with Crippen molar-refractivity contribution in [2.24, 2.45) is 0 Å². The molecule has 1 aromatic rings. The zero-order chi connectivity index (χ0) is 16.7. The van der Waals surface area contributed by atoms with Crippen LogP contribution in [0.1, 0.15) is 17.2 Å². The van der Waals surface area contributed by atoms with Gasteiger partial charge in [-0.2, -0.15) is 0 Å². The number of aliphatic carboxylic acids is 1. The molecule has 0 unspecified atom stereocenters. The minimum atomic E-state index is -1.36. The molecule has 0 heterocycles. The molecule has 0 aromatic heterocycles. The summed E-state index contributed by atoms with van der Waals surface area (Å²) in [5.74, 6) is -1.88. The number of carbonyl (C=O) groups excluding carboxylic acids is 1. The second-order valence-corrected chi connectivity index (χ2v) is 5.45. The van der Waals surface area contributed by atoms with Gasteiger partial charge in [-0.05, 0) is 17.2 Å². The van der Waals surface area contributed by atoms with E-state index in [2.05, 4.69) is 5.32 Å². The summed E-state index contributed by atoms with van der Waals surface area (Å²) < 4.78 is 13.0. The molecule has 0 aliphatic rings. The lowest BCUT2D eigenvalue weighted by Gasteiger charge is -2.22. The van der Waals surface area contributed by atoms with Crippen molar-refractivity contribution in [2.45, 2.75) is 17.0 Å². The smallest absolute Gasteiger partial charge is 0.328 e. The molecule has 1 rings (SSSR count). The van der Waals surface area contributed by atoms with Gasteiger partial charge in [-0.25, -0.2) is 9.18 Å². The van der Waals surface area contributed by atoms with E-state index in [1.165, 1.54) is 18.2 Å². The number of nitrogens with one attached hydrogen (secondary N) is 1. The van der Waals surface area contributed by atoms with Crippen LogP contribution in [0.4, 0.5) is 4.39 Å². The highest BCUT2D eigenvalue weighted by atomic mass is 35.5. The summed E-state index contributed by atoms with van der Waals surface area (Å²) in [5, 5.41) is 20.8. The van der Waals surface area contributed by atoms with Gasteiger partial charge in [0.05, 0.1) is 6.04 Å². The standard InChI is InChI=1S/C14H14Cl2FNO4/c15-13(16)14(22)18-10(7-17)12(21)9-4-1-8(2-5-9)3-6-11(19)20/h1-6,10,12-13,21H,7H2,(H,18,22)(H,19,20)/b6-3+/t10-,12-/m1/s1. The SMILES string of the molecule is O=C(O)/C=C/c1ccc([C@@H](O)[C@@H](CF)NC(=O)C(Cl)Cl)cc1. The van der Waals surface area contributed by atoms with Crippen molar-refractivity contribution in [1.29, 1.82) is 0 Å². The molecule has 0 saturated heterocycles. The van der Waals surface area contributed by atoms with E-state index >= 15 is 0 Å². The third kappa shape index (κ3) is 5.63. The number of aliphatic hydroxyl groups is 1. The molecule has 1 aromatic carbocycles. The number of carbonyl (C=O) groups is 2. The maximum atomic E-state index is 13.0. The highest BCUT2D eigenvalue weighted by Gasteiger charge is 2.24. The van der Waals surface area contributed by atoms with Crippen LogP contribution in [0.25, 0.3) is 6.08 Å².